The molecule has 0 aromatic carbocycles. The van der Waals surface area contributed by atoms with Crippen molar-refractivity contribution in [2.45, 2.75) is 65.3 Å². The molecule has 1 rings (SSSR count). The molecule has 0 amide bonds. The van der Waals surface area contributed by atoms with Gasteiger partial charge in [-0.15, -0.1) is 0 Å². The van der Waals surface area contributed by atoms with Gasteiger partial charge >= 0.3 is 5.97 Å². The second-order valence-corrected chi connectivity index (χ2v) is 6.70. The molecule has 0 spiro atoms. The molecule has 0 aromatic rings. The lowest BCUT2D eigenvalue weighted by atomic mass is 9.82. The highest BCUT2D eigenvalue weighted by molar-refractivity contribution is 5.96. The van der Waals surface area contributed by atoms with Crippen molar-refractivity contribution in [2.75, 3.05) is 0 Å². The Morgan fingerprint density at radius 3 is 2.45 bits per heavy atom. The van der Waals surface area contributed by atoms with Gasteiger partial charge in [-0.05, 0) is 38.7 Å². The summed E-state index contributed by atoms with van der Waals surface area (Å²) in [6.07, 6.45) is 2.39. The van der Waals surface area contributed by atoms with E-state index in [2.05, 4.69) is 0 Å². The van der Waals surface area contributed by atoms with Crippen LogP contribution in [0.5, 0.6) is 0 Å². The predicted octanol–water partition coefficient (Wildman–Crippen LogP) is 1.86. The quantitative estimate of drug-likeness (QED) is 0.722. The van der Waals surface area contributed by atoms with Gasteiger partial charge in [-0.1, -0.05) is 26.8 Å². The van der Waals surface area contributed by atoms with Crippen LogP contribution in [0.1, 0.15) is 47.5 Å². The summed E-state index contributed by atoms with van der Waals surface area (Å²) >= 11 is 0. The highest BCUT2D eigenvalue weighted by Gasteiger charge is 2.37. The Hall–Kier alpha value is -1.20. The molecule has 0 saturated carbocycles. The van der Waals surface area contributed by atoms with Crippen LogP contribution in [0, 0.1) is 17.8 Å². The van der Waals surface area contributed by atoms with Crippen molar-refractivity contribution in [3.05, 3.63) is 12.2 Å². The zero-order valence-electron chi connectivity index (χ0n) is 14.1. The van der Waals surface area contributed by atoms with Gasteiger partial charge in [0.25, 0.3) is 0 Å². The highest BCUT2D eigenvalue weighted by Crippen LogP contribution is 2.27. The number of hydrogen-bond donors (Lipinski definition) is 2. The number of esters is 1. The van der Waals surface area contributed by atoms with E-state index in [0.29, 0.717) is 6.42 Å². The van der Waals surface area contributed by atoms with Crippen molar-refractivity contribution in [3.8, 4) is 0 Å². The van der Waals surface area contributed by atoms with Crippen molar-refractivity contribution >= 4 is 11.8 Å². The van der Waals surface area contributed by atoms with Gasteiger partial charge < -0.3 is 14.9 Å². The van der Waals surface area contributed by atoms with Gasteiger partial charge in [0.1, 0.15) is 11.7 Å². The van der Waals surface area contributed by atoms with Crippen molar-refractivity contribution in [2.24, 2.45) is 17.8 Å². The molecule has 0 fully saturated rings. The Labute approximate surface area is 132 Å². The summed E-state index contributed by atoms with van der Waals surface area (Å²) < 4.78 is 5.48. The monoisotopic (exact) mass is 312 g/mol. The molecule has 0 aliphatic carbocycles. The number of rotatable bonds is 1. The maximum Gasteiger partial charge on any atom is 0.311 e. The number of ketones is 1. The topological polar surface area (TPSA) is 83.8 Å². The summed E-state index contributed by atoms with van der Waals surface area (Å²) in [5, 5.41) is 20.7. The fraction of sp³-hybridized carbons (Fsp3) is 0.765. The molecular formula is C17H28O5. The van der Waals surface area contributed by atoms with Crippen molar-refractivity contribution in [3.63, 3.8) is 0 Å². The van der Waals surface area contributed by atoms with Gasteiger partial charge in [0, 0.05) is 5.92 Å². The standard InChI is InChI=1S/C17H28O5/c1-6-13-10(2)7-8-14(18)17(5,21)9-11(3)15(19)12(4)16(20)22-13/h7-8,10-13,15,19,21H,6,9H2,1-5H3/b8-7+/t10-,11?,12-,13-,15+,17+/m1/s1. The third-order valence-electron chi connectivity index (χ3n) is 4.52. The lowest BCUT2D eigenvalue weighted by Crippen LogP contribution is -2.42. The lowest BCUT2D eigenvalue weighted by molar-refractivity contribution is -0.161. The van der Waals surface area contributed by atoms with Gasteiger partial charge in [0.2, 0.25) is 0 Å². The molecule has 5 nitrogen and oxygen atoms in total. The van der Waals surface area contributed by atoms with E-state index in [1.54, 1.807) is 19.9 Å². The van der Waals surface area contributed by atoms with E-state index < -0.39 is 35.3 Å². The third-order valence-corrected chi connectivity index (χ3v) is 4.52. The molecule has 2 N–H and O–H groups in total. The van der Waals surface area contributed by atoms with Gasteiger partial charge in [-0.25, -0.2) is 0 Å². The maximum atomic E-state index is 12.2. The molecule has 0 radical (unpaired) electrons. The summed E-state index contributed by atoms with van der Waals surface area (Å²) in [6, 6.07) is 0. The number of aliphatic hydroxyl groups excluding tert-OH is 1. The highest BCUT2D eigenvalue weighted by atomic mass is 16.5. The first-order valence-corrected chi connectivity index (χ1v) is 7.93. The number of carbonyl (C=O) groups excluding carboxylic acids is 2. The van der Waals surface area contributed by atoms with Crippen LogP contribution in [0.15, 0.2) is 12.2 Å². The largest absolute Gasteiger partial charge is 0.461 e. The van der Waals surface area contributed by atoms with E-state index in [0.717, 1.165) is 0 Å². The molecule has 0 saturated heterocycles. The van der Waals surface area contributed by atoms with E-state index in [1.807, 2.05) is 13.8 Å². The predicted molar refractivity (Wildman–Crippen MR) is 83.1 cm³/mol. The van der Waals surface area contributed by atoms with Crippen molar-refractivity contribution in [1.29, 1.82) is 0 Å². The summed E-state index contributed by atoms with van der Waals surface area (Å²) in [5.74, 6) is -2.10. The van der Waals surface area contributed by atoms with Gasteiger partial charge in [-0.2, -0.15) is 0 Å². The summed E-state index contributed by atoms with van der Waals surface area (Å²) in [5.41, 5.74) is -1.55. The minimum atomic E-state index is -1.55. The molecule has 1 aliphatic heterocycles. The van der Waals surface area contributed by atoms with Crippen molar-refractivity contribution < 1.29 is 24.5 Å². The number of cyclic esters (lactones) is 1. The van der Waals surface area contributed by atoms with Gasteiger partial charge in [0.05, 0.1) is 12.0 Å². The van der Waals surface area contributed by atoms with Crippen LogP contribution in [0.2, 0.25) is 0 Å². The normalized spacial score (nSPS) is 43.0. The molecular weight excluding hydrogens is 284 g/mol. The average molecular weight is 312 g/mol. The van der Waals surface area contributed by atoms with E-state index in [-0.39, 0.29) is 18.4 Å². The van der Waals surface area contributed by atoms with Crippen LogP contribution in [-0.4, -0.2) is 39.8 Å². The molecule has 6 atom stereocenters. The molecule has 1 heterocycles. The summed E-state index contributed by atoms with van der Waals surface area (Å²) in [4.78, 5) is 24.4. The number of hydrogen-bond acceptors (Lipinski definition) is 5. The van der Waals surface area contributed by atoms with Crippen LogP contribution in [0.4, 0.5) is 0 Å². The first-order valence-electron chi connectivity index (χ1n) is 7.93. The maximum absolute atomic E-state index is 12.2. The lowest BCUT2D eigenvalue weighted by Gasteiger charge is -2.31. The van der Waals surface area contributed by atoms with Gasteiger partial charge in [-0.3, -0.25) is 9.59 Å². The Kier molecular flexibility index (Phi) is 6.32. The zero-order chi connectivity index (χ0) is 17.1. The van der Waals surface area contributed by atoms with Gasteiger partial charge in [0.15, 0.2) is 5.78 Å². The van der Waals surface area contributed by atoms with Crippen LogP contribution < -0.4 is 0 Å². The minimum Gasteiger partial charge on any atom is -0.461 e. The Balaban J connectivity index is 3.15. The summed E-state index contributed by atoms with van der Waals surface area (Å²) in [6.45, 7) is 8.52. The number of aliphatic hydroxyl groups is 2. The first kappa shape index (κ1) is 18.8. The summed E-state index contributed by atoms with van der Waals surface area (Å²) in [7, 11) is 0. The molecule has 0 bridgehead atoms. The molecule has 22 heavy (non-hydrogen) atoms. The second-order valence-electron chi connectivity index (χ2n) is 6.70. The Morgan fingerprint density at radius 1 is 1.32 bits per heavy atom. The zero-order valence-corrected chi connectivity index (χ0v) is 14.1. The Morgan fingerprint density at radius 2 is 1.91 bits per heavy atom. The van der Waals surface area contributed by atoms with Crippen molar-refractivity contribution in [1.82, 2.24) is 0 Å². The fourth-order valence-electron chi connectivity index (χ4n) is 2.84. The molecule has 126 valence electrons. The van der Waals surface area contributed by atoms with E-state index in [1.165, 1.54) is 13.0 Å². The molecule has 1 aliphatic rings. The van der Waals surface area contributed by atoms with Crippen LogP contribution >= 0.6 is 0 Å². The SMILES string of the molecule is CC[C@H]1OC(=O)[C@H](C)[C@@H](O)C(C)C[C@](C)(O)C(=O)/C=C/[C@H]1C. The number of carbonyl (C=O) groups is 2. The van der Waals surface area contributed by atoms with E-state index in [9.17, 15) is 19.8 Å². The minimum absolute atomic E-state index is 0.0839. The number of ether oxygens (including phenoxy) is 1. The third kappa shape index (κ3) is 4.40. The molecule has 0 aromatic heterocycles. The van der Waals surface area contributed by atoms with Crippen LogP contribution in [-0.2, 0) is 14.3 Å². The van der Waals surface area contributed by atoms with Crippen LogP contribution in [0.25, 0.3) is 0 Å². The smallest absolute Gasteiger partial charge is 0.311 e. The van der Waals surface area contributed by atoms with E-state index >= 15 is 0 Å². The van der Waals surface area contributed by atoms with Crippen LogP contribution in [0.3, 0.4) is 0 Å². The fourth-order valence-corrected chi connectivity index (χ4v) is 2.84. The molecule has 5 heteroatoms. The molecule has 1 unspecified atom stereocenters. The van der Waals surface area contributed by atoms with E-state index in [4.69, 9.17) is 4.74 Å². The first-order chi connectivity index (χ1) is 10.1. The Bertz CT molecular complexity index is 440. The average Bonchev–Trinajstić information content (AvgIpc) is 2.46. The second kappa shape index (κ2) is 7.38.